The second-order valence-electron chi connectivity index (χ2n) is 5.48. The number of hydrogen-bond acceptors (Lipinski definition) is 4. The fraction of sp³-hybridized carbons (Fsp3) is 0.533. The van der Waals surface area contributed by atoms with Crippen LogP contribution in [0.5, 0.6) is 0 Å². The lowest BCUT2D eigenvalue weighted by molar-refractivity contribution is -0.145. The Bertz CT molecular complexity index is 530. The van der Waals surface area contributed by atoms with E-state index in [-0.39, 0.29) is 18.2 Å². The van der Waals surface area contributed by atoms with Crippen LogP contribution in [0.25, 0.3) is 0 Å². The number of carbonyl (C=O) groups is 2. The van der Waals surface area contributed by atoms with Crippen LogP contribution in [0.15, 0.2) is 18.3 Å². The maximum Gasteiger partial charge on any atom is 0.246 e. The van der Waals surface area contributed by atoms with Crippen LogP contribution in [0, 0.1) is 6.92 Å². The maximum atomic E-state index is 12.5. The molecule has 0 saturated carbocycles. The number of nitrogens with one attached hydrogen (secondary N) is 1. The van der Waals surface area contributed by atoms with Crippen molar-refractivity contribution < 1.29 is 9.59 Å². The topological polar surface area (TPSA) is 65.5 Å². The average Bonchev–Trinajstić information content (AvgIpc) is 2.48. The molecule has 1 fully saturated rings. The molecule has 2 rings (SSSR count). The molecule has 0 bridgehead atoms. The summed E-state index contributed by atoms with van der Waals surface area (Å²) in [5, 5.41) is 3.17. The Balaban J connectivity index is 2.12. The lowest BCUT2D eigenvalue weighted by atomic mass is 10.1. The average molecular weight is 290 g/mol. The van der Waals surface area contributed by atoms with Gasteiger partial charge in [0.1, 0.15) is 6.04 Å². The number of piperazine rings is 1. The minimum Gasteiger partial charge on any atom is -0.347 e. The maximum absolute atomic E-state index is 12.5. The minimum absolute atomic E-state index is 0.0431. The number of hydrogen-bond donors (Lipinski definition) is 1. The van der Waals surface area contributed by atoms with Gasteiger partial charge in [-0.2, -0.15) is 0 Å². The summed E-state index contributed by atoms with van der Waals surface area (Å²) in [5.41, 5.74) is 1.77. The predicted octanol–water partition coefficient (Wildman–Crippen LogP) is -0.179. The van der Waals surface area contributed by atoms with Crippen LogP contribution in [0.1, 0.15) is 11.3 Å². The highest BCUT2D eigenvalue weighted by molar-refractivity contribution is 5.88. The number of carbonyl (C=O) groups excluding carboxylic acids is 2. The van der Waals surface area contributed by atoms with Gasteiger partial charge in [-0.25, -0.2) is 0 Å². The van der Waals surface area contributed by atoms with E-state index >= 15 is 0 Å². The Hall–Kier alpha value is -1.95. The molecule has 114 valence electrons. The number of aromatic nitrogens is 1. The standard InChI is InChI=1S/C15H22N4O2/c1-11-5-4-6-17-12(11)9-14(20)19-8-7-16-10-13(19)15(21)18(2)3/h4-6,13,16H,7-10H2,1-3H3. The van der Waals surface area contributed by atoms with Crippen molar-refractivity contribution in [3.8, 4) is 0 Å². The van der Waals surface area contributed by atoms with Gasteiger partial charge in [-0.1, -0.05) is 6.07 Å². The van der Waals surface area contributed by atoms with Gasteiger partial charge in [-0.3, -0.25) is 14.6 Å². The molecule has 21 heavy (non-hydrogen) atoms. The Labute approximate surface area is 125 Å². The molecule has 1 saturated heterocycles. The summed E-state index contributed by atoms with van der Waals surface area (Å²) in [6.07, 6.45) is 1.93. The summed E-state index contributed by atoms with van der Waals surface area (Å²) in [5.74, 6) is -0.0909. The molecule has 0 radical (unpaired) electrons. The van der Waals surface area contributed by atoms with Gasteiger partial charge < -0.3 is 15.1 Å². The molecule has 1 aromatic rings. The molecule has 1 N–H and O–H groups in total. The van der Waals surface area contributed by atoms with Crippen LogP contribution in [0.4, 0.5) is 0 Å². The molecule has 0 aliphatic carbocycles. The van der Waals surface area contributed by atoms with E-state index in [4.69, 9.17) is 0 Å². The first-order chi connectivity index (χ1) is 10.0. The zero-order chi connectivity index (χ0) is 15.4. The summed E-state index contributed by atoms with van der Waals surface area (Å²) >= 11 is 0. The van der Waals surface area contributed by atoms with E-state index in [0.717, 1.165) is 11.3 Å². The third-order valence-electron chi connectivity index (χ3n) is 3.73. The zero-order valence-corrected chi connectivity index (χ0v) is 12.8. The summed E-state index contributed by atoms with van der Waals surface area (Å²) < 4.78 is 0. The first kappa shape index (κ1) is 15.4. The third-order valence-corrected chi connectivity index (χ3v) is 3.73. The normalized spacial score (nSPS) is 18.4. The second-order valence-corrected chi connectivity index (χ2v) is 5.48. The molecule has 1 aliphatic rings. The largest absolute Gasteiger partial charge is 0.347 e. The molecule has 2 amide bonds. The molecule has 1 unspecified atom stereocenters. The van der Waals surface area contributed by atoms with Crippen LogP contribution in [-0.4, -0.2) is 66.4 Å². The number of likely N-dealkylation sites (N-methyl/N-ethyl adjacent to an activating group) is 1. The summed E-state index contributed by atoms with van der Waals surface area (Å²) in [6.45, 7) is 3.71. The van der Waals surface area contributed by atoms with Crippen molar-refractivity contribution in [2.24, 2.45) is 0 Å². The molecule has 6 heteroatoms. The van der Waals surface area contributed by atoms with Crippen molar-refractivity contribution in [1.82, 2.24) is 20.1 Å². The van der Waals surface area contributed by atoms with Gasteiger partial charge in [0, 0.05) is 39.9 Å². The Morgan fingerprint density at radius 2 is 2.24 bits per heavy atom. The quantitative estimate of drug-likeness (QED) is 0.839. The van der Waals surface area contributed by atoms with E-state index in [9.17, 15) is 9.59 Å². The highest BCUT2D eigenvalue weighted by Crippen LogP contribution is 2.11. The van der Waals surface area contributed by atoms with Crippen molar-refractivity contribution >= 4 is 11.8 Å². The van der Waals surface area contributed by atoms with Crippen molar-refractivity contribution in [3.63, 3.8) is 0 Å². The lowest BCUT2D eigenvalue weighted by Gasteiger charge is -2.36. The Morgan fingerprint density at radius 1 is 1.48 bits per heavy atom. The Kier molecular flexibility index (Phi) is 4.90. The first-order valence-electron chi connectivity index (χ1n) is 7.12. The molecule has 0 spiro atoms. The van der Waals surface area contributed by atoms with E-state index in [0.29, 0.717) is 19.6 Å². The highest BCUT2D eigenvalue weighted by atomic mass is 16.2. The van der Waals surface area contributed by atoms with E-state index in [1.807, 2.05) is 19.1 Å². The molecular weight excluding hydrogens is 268 g/mol. The van der Waals surface area contributed by atoms with Gasteiger partial charge >= 0.3 is 0 Å². The van der Waals surface area contributed by atoms with E-state index in [1.54, 1.807) is 25.2 Å². The minimum atomic E-state index is -0.426. The van der Waals surface area contributed by atoms with Crippen LogP contribution in [-0.2, 0) is 16.0 Å². The molecule has 1 aliphatic heterocycles. The third kappa shape index (κ3) is 3.58. The van der Waals surface area contributed by atoms with Crippen molar-refractivity contribution in [2.75, 3.05) is 33.7 Å². The summed E-state index contributed by atoms with van der Waals surface area (Å²) in [4.78, 5) is 32.2. The smallest absolute Gasteiger partial charge is 0.246 e. The molecule has 6 nitrogen and oxygen atoms in total. The molecular formula is C15H22N4O2. The highest BCUT2D eigenvalue weighted by Gasteiger charge is 2.33. The van der Waals surface area contributed by atoms with Crippen molar-refractivity contribution in [3.05, 3.63) is 29.6 Å². The van der Waals surface area contributed by atoms with Crippen molar-refractivity contribution in [1.29, 1.82) is 0 Å². The number of aryl methyl sites for hydroxylation is 1. The van der Waals surface area contributed by atoms with Gasteiger partial charge in [0.05, 0.1) is 12.1 Å². The van der Waals surface area contributed by atoms with E-state index in [1.165, 1.54) is 4.90 Å². The predicted molar refractivity (Wildman–Crippen MR) is 79.7 cm³/mol. The van der Waals surface area contributed by atoms with Crippen LogP contribution < -0.4 is 5.32 Å². The van der Waals surface area contributed by atoms with Crippen LogP contribution >= 0.6 is 0 Å². The molecule has 0 aromatic carbocycles. The van der Waals surface area contributed by atoms with Gasteiger partial charge in [0.15, 0.2) is 0 Å². The van der Waals surface area contributed by atoms with Crippen molar-refractivity contribution in [2.45, 2.75) is 19.4 Å². The van der Waals surface area contributed by atoms with Gasteiger partial charge in [-0.05, 0) is 18.6 Å². The van der Waals surface area contributed by atoms with E-state index in [2.05, 4.69) is 10.3 Å². The number of amides is 2. The van der Waals surface area contributed by atoms with Gasteiger partial charge in [0.25, 0.3) is 0 Å². The zero-order valence-electron chi connectivity index (χ0n) is 12.8. The molecule has 1 atom stereocenters. The monoisotopic (exact) mass is 290 g/mol. The second kappa shape index (κ2) is 6.67. The SMILES string of the molecule is Cc1cccnc1CC(=O)N1CCNCC1C(=O)N(C)C. The fourth-order valence-electron chi connectivity index (χ4n) is 2.47. The first-order valence-corrected chi connectivity index (χ1v) is 7.12. The summed E-state index contributed by atoms with van der Waals surface area (Å²) in [6, 6.07) is 3.37. The number of nitrogens with zero attached hydrogens (tertiary/aromatic N) is 3. The van der Waals surface area contributed by atoms with Gasteiger partial charge in [0.2, 0.25) is 11.8 Å². The number of rotatable bonds is 3. The van der Waals surface area contributed by atoms with Crippen LogP contribution in [0.3, 0.4) is 0 Å². The van der Waals surface area contributed by atoms with E-state index < -0.39 is 6.04 Å². The lowest BCUT2D eigenvalue weighted by Crippen LogP contribution is -2.59. The summed E-state index contributed by atoms with van der Waals surface area (Å²) in [7, 11) is 3.42. The molecule has 2 heterocycles. The number of pyridine rings is 1. The molecule has 1 aromatic heterocycles. The fourth-order valence-corrected chi connectivity index (χ4v) is 2.47. The van der Waals surface area contributed by atoms with Gasteiger partial charge in [-0.15, -0.1) is 0 Å². The Morgan fingerprint density at radius 3 is 2.90 bits per heavy atom. The van der Waals surface area contributed by atoms with Crippen LogP contribution in [0.2, 0.25) is 0 Å².